The van der Waals surface area contributed by atoms with Gasteiger partial charge in [0.1, 0.15) is 5.01 Å². The summed E-state index contributed by atoms with van der Waals surface area (Å²) in [6, 6.07) is 9.74. The number of benzene rings is 1. The monoisotopic (exact) mass is 489 g/mol. The quantitative estimate of drug-likeness (QED) is 0.486. The molecule has 1 fully saturated rings. The molecule has 8 heteroatoms. The normalized spacial score (nSPS) is 14.3. The summed E-state index contributed by atoms with van der Waals surface area (Å²) >= 11 is 6.69. The summed E-state index contributed by atoms with van der Waals surface area (Å²) in [5, 5.41) is 4.98. The number of halogens is 1. The van der Waals surface area contributed by atoms with E-state index in [-0.39, 0.29) is 11.7 Å². The molecule has 0 aliphatic carbocycles. The molecule has 5 nitrogen and oxygen atoms in total. The number of carbonyl (C=O) groups excluding carboxylic acids is 2. The Morgan fingerprint density at radius 1 is 1.07 bits per heavy atom. The highest BCUT2D eigenvalue weighted by molar-refractivity contribution is 9.10. The van der Waals surface area contributed by atoms with Gasteiger partial charge in [0.05, 0.1) is 17.0 Å². The van der Waals surface area contributed by atoms with Crippen LogP contribution in [-0.4, -0.2) is 47.8 Å². The summed E-state index contributed by atoms with van der Waals surface area (Å²) in [6.45, 7) is 4.54. The molecule has 1 aromatic carbocycles. The van der Waals surface area contributed by atoms with Crippen LogP contribution in [0, 0.1) is 0 Å². The minimum atomic E-state index is 0.0730. The molecule has 150 valence electrons. The highest BCUT2D eigenvalue weighted by atomic mass is 79.9. The van der Waals surface area contributed by atoms with Gasteiger partial charge in [-0.05, 0) is 53.2 Å². The van der Waals surface area contributed by atoms with Crippen LogP contribution in [-0.2, 0) is 11.2 Å². The van der Waals surface area contributed by atoms with Crippen molar-refractivity contribution in [1.29, 1.82) is 0 Å². The van der Waals surface area contributed by atoms with E-state index in [1.165, 1.54) is 0 Å². The Hall–Kier alpha value is -2.03. The first kappa shape index (κ1) is 20.3. The average molecular weight is 490 g/mol. The minimum absolute atomic E-state index is 0.0730. The number of rotatable bonds is 5. The van der Waals surface area contributed by atoms with Crippen LogP contribution in [0.3, 0.4) is 0 Å². The maximum absolute atomic E-state index is 12.7. The van der Waals surface area contributed by atoms with Crippen LogP contribution in [0.15, 0.2) is 45.6 Å². The first-order chi connectivity index (χ1) is 14.0. The first-order valence-electron chi connectivity index (χ1n) is 9.32. The Morgan fingerprint density at radius 3 is 2.41 bits per heavy atom. The highest BCUT2D eigenvalue weighted by Crippen LogP contribution is 2.32. The second-order valence-electron chi connectivity index (χ2n) is 6.92. The summed E-state index contributed by atoms with van der Waals surface area (Å²) in [5.41, 5.74) is 2.65. The van der Waals surface area contributed by atoms with E-state index in [1.54, 1.807) is 29.6 Å². The molecule has 2 aromatic heterocycles. The van der Waals surface area contributed by atoms with Crippen molar-refractivity contribution in [1.82, 2.24) is 9.88 Å². The molecule has 0 saturated carbocycles. The highest BCUT2D eigenvalue weighted by Gasteiger charge is 2.22. The minimum Gasteiger partial charge on any atom is -0.368 e. The van der Waals surface area contributed by atoms with Crippen molar-refractivity contribution in [2.75, 3.05) is 31.1 Å². The molecule has 0 N–H and O–H groups in total. The van der Waals surface area contributed by atoms with Gasteiger partial charge in [-0.2, -0.15) is 0 Å². The lowest BCUT2D eigenvalue weighted by Gasteiger charge is -2.36. The molecule has 29 heavy (non-hydrogen) atoms. The van der Waals surface area contributed by atoms with Crippen molar-refractivity contribution in [2.45, 2.75) is 13.3 Å². The van der Waals surface area contributed by atoms with Gasteiger partial charge in [-0.15, -0.1) is 22.7 Å². The fraction of sp³-hybridized carbons (Fsp3) is 0.286. The van der Waals surface area contributed by atoms with Crippen LogP contribution >= 0.6 is 38.6 Å². The van der Waals surface area contributed by atoms with E-state index in [0.717, 1.165) is 44.4 Å². The summed E-state index contributed by atoms with van der Waals surface area (Å²) in [4.78, 5) is 34.1. The van der Waals surface area contributed by atoms with Crippen molar-refractivity contribution >= 4 is 56.0 Å². The number of Topliss-reactive ketones (excluding diaryl/α,β-unsaturated/α-hetero) is 1. The topological polar surface area (TPSA) is 53.5 Å². The molecular weight excluding hydrogens is 470 g/mol. The zero-order valence-electron chi connectivity index (χ0n) is 15.9. The van der Waals surface area contributed by atoms with Gasteiger partial charge < -0.3 is 9.80 Å². The number of amides is 1. The van der Waals surface area contributed by atoms with Crippen LogP contribution in [0.5, 0.6) is 0 Å². The SMILES string of the molecule is CC(=O)c1ccc(N2CCN(C(=O)Cc3csc(-c4cc(Br)cs4)n3)CC2)cc1. The molecule has 1 aliphatic rings. The predicted octanol–water partition coefficient (Wildman–Crippen LogP) is 4.73. The Morgan fingerprint density at radius 2 is 1.79 bits per heavy atom. The molecule has 0 bridgehead atoms. The standard InChI is InChI=1S/C21H20BrN3O2S2/c1-14(26)15-2-4-18(5-3-15)24-6-8-25(9-7-24)20(27)11-17-13-29-21(23-17)19-10-16(22)12-28-19/h2-5,10,12-13H,6-9,11H2,1H3. The number of aromatic nitrogens is 1. The van der Waals surface area contributed by atoms with E-state index >= 15 is 0 Å². The Balaban J connectivity index is 1.32. The average Bonchev–Trinajstić information content (AvgIpc) is 3.37. The third kappa shape index (κ3) is 4.76. The van der Waals surface area contributed by atoms with Crippen LogP contribution < -0.4 is 4.90 Å². The molecule has 1 saturated heterocycles. The third-order valence-electron chi connectivity index (χ3n) is 4.93. The van der Waals surface area contributed by atoms with Gasteiger partial charge in [-0.3, -0.25) is 9.59 Å². The van der Waals surface area contributed by atoms with E-state index < -0.39 is 0 Å². The molecule has 1 aliphatic heterocycles. The molecule has 0 radical (unpaired) electrons. The number of anilines is 1. The van der Waals surface area contributed by atoms with E-state index in [0.29, 0.717) is 19.5 Å². The first-order valence-corrected chi connectivity index (χ1v) is 11.9. The van der Waals surface area contributed by atoms with Gasteiger partial charge >= 0.3 is 0 Å². The summed E-state index contributed by atoms with van der Waals surface area (Å²) in [5.74, 6) is 0.199. The molecule has 0 spiro atoms. The molecule has 0 unspecified atom stereocenters. The molecule has 3 aromatic rings. The molecular formula is C21H20BrN3O2S2. The second-order valence-corrected chi connectivity index (χ2v) is 9.61. The molecule has 0 atom stereocenters. The lowest BCUT2D eigenvalue weighted by molar-refractivity contribution is -0.130. The van der Waals surface area contributed by atoms with Crippen molar-refractivity contribution in [2.24, 2.45) is 0 Å². The van der Waals surface area contributed by atoms with Crippen LogP contribution in [0.1, 0.15) is 23.0 Å². The number of hydrogen-bond acceptors (Lipinski definition) is 6. The fourth-order valence-electron chi connectivity index (χ4n) is 3.31. The smallest absolute Gasteiger partial charge is 0.228 e. The summed E-state index contributed by atoms with van der Waals surface area (Å²) < 4.78 is 1.05. The van der Waals surface area contributed by atoms with Crippen molar-refractivity contribution in [3.05, 3.63) is 56.8 Å². The molecule has 1 amide bonds. The predicted molar refractivity (Wildman–Crippen MR) is 122 cm³/mol. The number of piperazine rings is 1. The number of carbonyl (C=O) groups is 2. The fourth-order valence-corrected chi connectivity index (χ4v) is 5.64. The third-order valence-corrected chi connectivity index (χ3v) is 7.69. The van der Waals surface area contributed by atoms with Gasteiger partial charge in [-0.25, -0.2) is 4.98 Å². The summed E-state index contributed by atoms with van der Waals surface area (Å²) in [7, 11) is 0. The van der Waals surface area contributed by atoms with Crippen LogP contribution in [0.4, 0.5) is 5.69 Å². The summed E-state index contributed by atoms with van der Waals surface area (Å²) in [6.07, 6.45) is 0.344. The van der Waals surface area contributed by atoms with E-state index in [2.05, 4.69) is 31.9 Å². The number of thiophene rings is 1. The van der Waals surface area contributed by atoms with Gasteiger partial charge in [0.15, 0.2) is 5.78 Å². The zero-order chi connectivity index (χ0) is 20.4. The van der Waals surface area contributed by atoms with Gasteiger partial charge in [0.2, 0.25) is 5.91 Å². The Labute approximate surface area is 186 Å². The van der Waals surface area contributed by atoms with Crippen molar-refractivity contribution in [3.8, 4) is 9.88 Å². The molecule has 3 heterocycles. The van der Waals surface area contributed by atoms with Gasteiger partial charge in [-0.1, -0.05) is 0 Å². The van der Waals surface area contributed by atoms with Crippen LogP contribution in [0.25, 0.3) is 9.88 Å². The van der Waals surface area contributed by atoms with Gasteiger partial charge in [0, 0.05) is 52.7 Å². The Bertz CT molecular complexity index is 1020. The molecule has 4 rings (SSSR count). The van der Waals surface area contributed by atoms with Crippen LogP contribution in [0.2, 0.25) is 0 Å². The van der Waals surface area contributed by atoms with Gasteiger partial charge in [0.25, 0.3) is 0 Å². The number of ketones is 1. The maximum atomic E-state index is 12.7. The van der Waals surface area contributed by atoms with E-state index in [4.69, 9.17) is 0 Å². The largest absolute Gasteiger partial charge is 0.368 e. The number of nitrogens with zero attached hydrogens (tertiary/aromatic N) is 3. The van der Waals surface area contributed by atoms with Crippen molar-refractivity contribution in [3.63, 3.8) is 0 Å². The van der Waals surface area contributed by atoms with E-state index in [9.17, 15) is 9.59 Å². The maximum Gasteiger partial charge on any atom is 0.228 e. The number of thiazole rings is 1. The lowest BCUT2D eigenvalue weighted by Crippen LogP contribution is -2.49. The Kier molecular flexibility index (Phi) is 6.12. The zero-order valence-corrected chi connectivity index (χ0v) is 19.1. The second kappa shape index (κ2) is 8.77. The van der Waals surface area contributed by atoms with E-state index in [1.807, 2.05) is 39.9 Å². The van der Waals surface area contributed by atoms with Crippen molar-refractivity contribution < 1.29 is 9.59 Å². The number of hydrogen-bond donors (Lipinski definition) is 0. The lowest BCUT2D eigenvalue weighted by atomic mass is 10.1.